The Labute approximate surface area is 183 Å². The fraction of sp³-hybridized carbons (Fsp3) is 0.250. The van der Waals surface area contributed by atoms with Gasteiger partial charge in [0.25, 0.3) is 5.22 Å². The highest BCUT2D eigenvalue weighted by Gasteiger charge is 2.17. The number of sulfonamides is 1. The molecule has 0 aliphatic carbocycles. The number of hydrogen-bond donors (Lipinski definition) is 1. The number of carbonyl (C=O) groups excluding carboxylic acids is 1. The average Bonchev–Trinajstić information content (AvgIpc) is 3.26. The second-order valence-electron chi connectivity index (χ2n) is 6.53. The summed E-state index contributed by atoms with van der Waals surface area (Å²) < 4.78 is 42.3. The normalized spacial score (nSPS) is 13.1. The van der Waals surface area contributed by atoms with Crippen LogP contribution in [-0.2, 0) is 10.0 Å². The molecule has 0 bridgehead atoms. The Balaban J connectivity index is 1.37. The summed E-state index contributed by atoms with van der Waals surface area (Å²) in [5, 5.41) is 8.21. The fourth-order valence-electron chi connectivity index (χ4n) is 2.74. The van der Waals surface area contributed by atoms with Crippen LogP contribution < -0.4 is 14.2 Å². The molecule has 4 rings (SSSR count). The second-order valence-corrected chi connectivity index (χ2v) is 9.46. The van der Waals surface area contributed by atoms with Gasteiger partial charge >= 0.3 is 0 Å². The summed E-state index contributed by atoms with van der Waals surface area (Å²) in [6.07, 6.45) is 0. The van der Waals surface area contributed by atoms with Crippen LogP contribution in [0.1, 0.15) is 17.3 Å². The van der Waals surface area contributed by atoms with E-state index < -0.39 is 10.0 Å². The molecule has 0 unspecified atom stereocenters. The van der Waals surface area contributed by atoms with Crippen molar-refractivity contribution in [2.75, 3.05) is 29.4 Å². The zero-order valence-corrected chi connectivity index (χ0v) is 18.2. The third kappa shape index (κ3) is 5.17. The van der Waals surface area contributed by atoms with Crippen molar-refractivity contribution in [1.82, 2.24) is 10.2 Å². The van der Waals surface area contributed by atoms with Gasteiger partial charge in [-0.25, -0.2) is 8.42 Å². The van der Waals surface area contributed by atoms with Gasteiger partial charge in [-0.05, 0) is 49.4 Å². The van der Waals surface area contributed by atoms with E-state index in [1.54, 1.807) is 49.4 Å². The molecule has 1 aliphatic heterocycles. The molecule has 3 aromatic rings. The molecule has 0 radical (unpaired) electrons. The van der Waals surface area contributed by atoms with Crippen LogP contribution in [0.25, 0.3) is 11.5 Å². The number of anilines is 1. The number of Topliss-reactive ketones (excluding diaryl/α,β-unsaturated/α-hetero) is 1. The van der Waals surface area contributed by atoms with Crippen LogP contribution in [0.4, 0.5) is 5.69 Å². The van der Waals surface area contributed by atoms with Crippen LogP contribution in [0.2, 0.25) is 0 Å². The minimum absolute atomic E-state index is 0.00995. The van der Waals surface area contributed by atoms with E-state index in [4.69, 9.17) is 13.9 Å². The number of nitrogens with zero attached hydrogens (tertiary/aromatic N) is 2. The Kier molecular flexibility index (Phi) is 6.14. The van der Waals surface area contributed by atoms with Gasteiger partial charge in [-0.15, -0.1) is 10.2 Å². The number of nitrogens with one attached hydrogen (secondary N) is 1. The number of ether oxygens (including phenoxy) is 2. The second kappa shape index (κ2) is 8.98. The highest BCUT2D eigenvalue weighted by molar-refractivity contribution is 7.99. The van der Waals surface area contributed by atoms with Gasteiger partial charge in [0.15, 0.2) is 17.3 Å². The van der Waals surface area contributed by atoms with Crippen molar-refractivity contribution in [2.45, 2.75) is 12.1 Å². The van der Waals surface area contributed by atoms with Crippen molar-refractivity contribution >= 4 is 33.3 Å². The number of ketones is 1. The molecule has 1 aliphatic rings. The minimum atomic E-state index is -3.34. The van der Waals surface area contributed by atoms with Crippen LogP contribution in [0, 0.1) is 0 Å². The lowest BCUT2D eigenvalue weighted by Crippen LogP contribution is -2.16. The maximum absolute atomic E-state index is 12.5. The first-order valence-corrected chi connectivity index (χ1v) is 12.1. The highest BCUT2D eigenvalue weighted by atomic mass is 32.2. The Morgan fingerprint density at radius 1 is 1.06 bits per heavy atom. The van der Waals surface area contributed by atoms with Gasteiger partial charge in [0.2, 0.25) is 15.9 Å². The molecule has 0 spiro atoms. The number of hydrogen-bond acceptors (Lipinski definition) is 9. The Hall–Kier alpha value is -3.05. The lowest BCUT2D eigenvalue weighted by molar-refractivity contribution is 0.102. The Morgan fingerprint density at radius 2 is 1.81 bits per heavy atom. The van der Waals surface area contributed by atoms with Crippen molar-refractivity contribution in [1.29, 1.82) is 0 Å². The molecular weight excluding hydrogens is 442 g/mol. The molecule has 31 heavy (non-hydrogen) atoms. The quantitative estimate of drug-likeness (QED) is 0.398. The zero-order valence-electron chi connectivity index (χ0n) is 16.5. The zero-order chi connectivity index (χ0) is 21.8. The molecule has 11 heteroatoms. The first-order chi connectivity index (χ1) is 14.9. The van der Waals surface area contributed by atoms with Crippen LogP contribution >= 0.6 is 11.8 Å². The molecule has 0 atom stereocenters. The SMILES string of the molecule is CCS(=O)(=O)Nc1ccc(-c2nnc(SCC(=O)c3ccc4c(c3)OCCO4)o2)cc1. The van der Waals surface area contributed by atoms with Crippen LogP contribution in [-0.4, -0.2) is 49.1 Å². The molecular formula is C20H19N3O6S2. The summed E-state index contributed by atoms with van der Waals surface area (Å²) in [7, 11) is -3.34. The fourth-order valence-corrected chi connectivity index (χ4v) is 4.04. The first-order valence-electron chi connectivity index (χ1n) is 9.43. The van der Waals surface area contributed by atoms with Gasteiger partial charge in [0.05, 0.1) is 11.5 Å². The van der Waals surface area contributed by atoms with E-state index in [0.29, 0.717) is 41.5 Å². The van der Waals surface area contributed by atoms with Crippen molar-refractivity contribution in [3.05, 3.63) is 48.0 Å². The minimum Gasteiger partial charge on any atom is -0.486 e. The standard InChI is InChI=1S/C20H19N3O6S2/c1-2-31(25,26)23-15-6-3-13(4-7-15)19-21-22-20(29-19)30-12-16(24)14-5-8-17-18(11-14)28-10-9-27-17/h3-8,11,23H,2,9-10,12H2,1H3. The number of aromatic nitrogens is 2. The van der Waals surface area contributed by atoms with E-state index in [-0.39, 0.29) is 28.4 Å². The smallest absolute Gasteiger partial charge is 0.277 e. The van der Waals surface area contributed by atoms with Crippen LogP contribution in [0.5, 0.6) is 11.5 Å². The molecule has 1 aromatic heterocycles. The number of fused-ring (bicyclic) bond motifs is 1. The third-order valence-electron chi connectivity index (χ3n) is 4.38. The van der Waals surface area contributed by atoms with Crippen molar-refractivity contribution in [2.24, 2.45) is 0 Å². The summed E-state index contributed by atoms with van der Waals surface area (Å²) in [5.74, 6) is 1.48. The monoisotopic (exact) mass is 461 g/mol. The maximum atomic E-state index is 12.5. The van der Waals surface area contributed by atoms with E-state index in [2.05, 4.69) is 14.9 Å². The van der Waals surface area contributed by atoms with E-state index in [9.17, 15) is 13.2 Å². The lowest BCUT2D eigenvalue weighted by atomic mass is 10.1. The molecule has 1 N–H and O–H groups in total. The summed E-state index contributed by atoms with van der Waals surface area (Å²) in [6, 6.07) is 11.7. The van der Waals surface area contributed by atoms with Crippen LogP contribution in [0.15, 0.2) is 52.1 Å². The molecule has 9 nitrogen and oxygen atoms in total. The predicted octanol–water partition coefficient (Wildman–Crippen LogP) is 3.24. The third-order valence-corrected chi connectivity index (χ3v) is 6.51. The largest absolute Gasteiger partial charge is 0.486 e. The van der Waals surface area contributed by atoms with Gasteiger partial charge in [-0.3, -0.25) is 9.52 Å². The van der Waals surface area contributed by atoms with Gasteiger partial charge in [0, 0.05) is 16.8 Å². The average molecular weight is 462 g/mol. The molecule has 0 saturated carbocycles. The predicted molar refractivity (Wildman–Crippen MR) is 115 cm³/mol. The highest BCUT2D eigenvalue weighted by Crippen LogP contribution is 2.31. The maximum Gasteiger partial charge on any atom is 0.277 e. The van der Waals surface area contributed by atoms with Gasteiger partial charge in [-0.1, -0.05) is 11.8 Å². The summed E-state index contributed by atoms with van der Waals surface area (Å²) >= 11 is 1.14. The molecule has 0 saturated heterocycles. The molecule has 2 heterocycles. The van der Waals surface area contributed by atoms with E-state index in [1.807, 2.05) is 0 Å². The number of rotatable bonds is 8. The molecule has 2 aromatic carbocycles. The topological polar surface area (TPSA) is 121 Å². The van der Waals surface area contributed by atoms with Crippen LogP contribution in [0.3, 0.4) is 0 Å². The first kappa shape index (κ1) is 21.2. The van der Waals surface area contributed by atoms with Crippen molar-refractivity contribution in [3.8, 4) is 23.0 Å². The van der Waals surface area contributed by atoms with E-state index >= 15 is 0 Å². The Morgan fingerprint density at radius 3 is 2.55 bits per heavy atom. The molecule has 0 amide bonds. The van der Waals surface area contributed by atoms with Gasteiger partial charge in [0.1, 0.15) is 13.2 Å². The van der Waals surface area contributed by atoms with Crippen molar-refractivity contribution < 1.29 is 27.1 Å². The summed E-state index contributed by atoms with van der Waals surface area (Å²) in [6.45, 7) is 2.51. The molecule has 162 valence electrons. The number of benzene rings is 2. The molecule has 0 fully saturated rings. The summed E-state index contributed by atoms with van der Waals surface area (Å²) in [4.78, 5) is 12.5. The lowest BCUT2D eigenvalue weighted by Gasteiger charge is -2.18. The number of carbonyl (C=O) groups is 1. The summed E-state index contributed by atoms with van der Waals surface area (Å²) in [5.41, 5.74) is 1.60. The van der Waals surface area contributed by atoms with Gasteiger partial charge in [-0.2, -0.15) is 0 Å². The van der Waals surface area contributed by atoms with E-state index in [0.717, 1.165) is 11.8 Å². The van der Waals surface area contributed by atoms with Gasteiger partial charge < -0.3 is 13.9 Å². The Bertz CT molecular complexity index is 1190. The van der Waals surface area contributed by atoms with E-state index in [1.165, 1.54) is 0 Å². The number of thioether (sulfide) groups is 1. The van der Waals surface area contributed by atoms with Crippen molar-refractivity contribution in [3.63, 3.8) is 0 Å².